The number of hydrogen-bond acceptors (Lipinski definition) is 4. The van der Waals surface area contributed by atoms with Crippen molar-refractivity contribution in [3.05, 3.63) is 0 Å². The highest BCUT2D eigenvalue weighted by atomic mass is 35.5. The average molecular weight is 250 g/mol. The van der Waals surface area contributed by atoms with Crippen molar-refractivity contribution in [2.75, 3.05) is 13.1 Å². The van der Waals surface area contributed by atoms with E-state index in [0.29, 0.717) is 19.5 Å². The lowest BCUT2D eigenvalue weighted by Crippen LogP contribution is -2.48. The molecule has 6 nitrogen and oxygen atoms in total. The average Bonchev–Trinajstić information content (AvgIpc) is 2.51. The van der Waals surface area contributed by atoms with Crippen molar-refractivity contribution < 1.29 is 14.3 Å². The number of fused-ring (bicyclic) bond motifs is 1. The van der Waals surface area contributed by atoms with Gasteiger partial charge in [-0.2, -0.15) is 0 Å². The van der Waals surface area contributed by atoms with E-state index in [1.165, 1.54) is 0 Å². The Hall–Kier alpha value is -0.850. The van der Waals surface area contributed by atoms with Crippen molar-refractivity contribution in [1.82, 2.24) is 10.2 Å². The number of carbonyl (C=O) groups excluding carboxylic acids is 2. The SMILES string of the molecule is CC(N)C(=O)NCC1CN2C(=O)CC2O1.Cl. The van der Waals surface area contributed by atoms with Crippen LogP contribution in [0, 0.1) is 0 Å². The Morgan fingerprint density at radius 2 is 2.44 bits per heavy atom. The molecule has 2 rings (SSSR count). The lowest BCUT2D eigenvalue weighted by atomic mass is 10.2. The molecule has 2 aliphatic heterocycles. The third kappa shape index (κ3) is 2.45. The van der Waals surface area contributed by atoms with Gasteiger partial charge in [0.05, 0.1) is 25.1 Å². The van der Waals surface area contributed by atoms with Gasteiger partial charge in [0, 0.05) is 6.54 Å². The molecule has 92 valence electrons. The van der Waals surface area contributed by atoms with Crippen LogP contribution in [0.3, 0.4) is 0 Å². The monoisotopic (exact) mass is 249 g/mol. The molecule has 16 heavy (non-hydrogen) atoms. The first-order chi connectivity index (χ1) is 7.08. The smallest absolute Gasteiger partial charge is 0.236 e. The quantitative estimate of drug-likeness (QED) is 0.618. The maximum absolute atomic E-state index is 11.2. The summed E-state index contributed by atoms with van der Waals surface area (Å²) in [7, 11) is 0. The molecule has 2 heterocycles. The molecule has 3 atom stereocenters. The van der Waals surface area contributed by atoms with Crippen molar-refractivity contribution in [1.29, 1.82) is 0 Å². The minimum absolute atomic E-state index is 0. The molecule has 2 fully saturated rings. The van der Waals surface area contributed by atoms with Crippen LogP contribution in [-0.4, -0.2) is 48.2 Å². The minimum Gasteiger partial charge on any atom is -0.352 e. The highest BCUT2D eigenvalue weighted by Gasteiger charge is 2.45. The molecule has 0 saturated carbocycles. The Morgan fingerprint density at radius 1 is 1.75 bits per heavy atom. The van der Waals surface area contributed by atoms with Gasteiger partial charge >= 0.3 is 0 Å². The first kappa shape index (κ1) is 13.2. The zero-order valence-electron chi connectivity index (χ0n) is 9.01. The number of β-lactam (4-membered cyclic amide) rings is 1. The van der Waals surface area contributed by atoms with E-state index in [4.69, 9.17) is 10.5 Å². The third-order valence-electron chi connectivity index (χ3n) is 2.68. The van der Waals surface area contributed by atoms with Crippen LogP contribution in [0.1, 0.15) is 13.3 Å². The Morgan fingerprint density at radius 3 is 2.94 bits per heavy atom. The fourth-order valence-corrected chi connectivity index (χ4v) is 1.74. The first-order valence-corrected chi connectivity index (χ1v) is 5.06. The molecule has 0 bridgehead atoms. The van der Waals surface area contributed by atoms with Crippen LogP contribution in [0.15, 0.2) is 0 Å². The van der Waals surface area contributed by atoms with Gasteiger partial charge in [-0.15, -0.1) is 12.4 Å². The Labute approximate surface area is 99.9 Å². The van der Waals surface area contributed by atoms with Crippen LogP contribution >= 0.6 is 12.4 Å². The van der Waals surface area contributed by atoms with Crippen LogP contribution in [-0.2, 0) is 14.3 Å². The molecule has 0 aromatic carbocycles. The van der Waals surface area contributed by atoms with Gasteiger partial charge < -0.3 is 20.7 Å². The maximum atomic E-state index is 11.2. The number of ether oxygens (including phenoxy) is 1. The molecule has 0 radical (unpaired) electrons. The van der Waals surface area contributed by atoms with E-state index in [0.717, 1.165) is 0 Å². The van der Waals surface area contributed by atoms with E-state index >= 15 is 0 Å². The van der Waals surface area contributed by atoms with Crippen LogP contribution in [0.4, 0.5) is 0 Å². The van der Waals surface area contributed by atoms with Gasteiger partial charge in [0.15, 0.2) is 0 Å². The topological polar surface area (TPSA) is 84.7 Å². The highest BCUT2D eigenvalue weighted by molar-refractivity contribution is 5.85. The Bertz CT molecular complexity index is 298. The van der Waals surface area contributed by atoms with Gasteiger partial charge in [-0.25, -0.2) is 0 Å². The first-order valence-electron chi connectivity index (χ1n) is 5.06. The summed E-state index contributed by atoms with van der Waals surface area (Å²) in [6.45, 7) is 2.62. The second-order valence-electron chi connectivity index (χ2n) is 4.00. The molecule has 0 aromatic heterocycles. The molecule has 0 spiro atoms. The number of carbonyl (C=O) groups is 2. The summed E-state index contributed by atoms with van der Waals surface area (Å²) in [5.74, 6) is -0.0693. The van der Waals surface area contributed by atoms with E-state index in [2.05, 4.69) is 5.32 Å². The van der Waals surface area contributed by atoms with Crippen LogP contribution in [0.25, 0.3) is 0 Å². The number of hydrogen-bond donors (Lipinski definition) is 2. The molecule has 2 aliphatic rings. The molecule has 2 amide bonds. The summed E-state index contributed by atoms with van der Waals surface area (Å²) in [6.07, 6.45) is 0.316. The van der Waals surface area contributed by atoms with Gasteiger partial charge in [0.1, 0.15) is 6.23 Å². The molecule has 7 heteroatoms. The second-order valence-corrected chi connectivity index (χ2v) is 4.00. The molecule has 0 aliphatic carbocycles. The van der Waals surface area contributed by atoms with Crippen LogP contribution in [0.5, 0.6) is 0 Å². The van der Waals surface area contributed by atoms with Crippen molar-refractivity contribution in [3.63, 3.8) is 0 Å². The van der Waals surface area contributed by atoms with E-state index in [9.17, 15) is 9.59 Å². The highest BCUT2D eigenvalue weighted by Crippen LogP contribution is 2.28. The second kappa shape index (κ2) is 4.99. The van der Waals surface area contributed by atoms with E-state index in [-0.39, 0.29) is 36.6 Å². The number of halogens is 1. The van der Waals surface area contributed by atoms with Crippen molar-refractivity contribution in [2.24, 2.45) is 5.73 Å². The fourth-order valence-electron chi connectivity index (χ4n) is 1.74. The van der Waals surface area contributed by atoms with Crippen molar-refractivity contribution in [2.45, 2.75) is 31.7 Å². The molecule has 3 N–H and O–H groups in total. The molecular formula is C9H16ClN3O3. The normalized spacial score (nSPS) is 28.9. The van der Waals surface area contributed by atoms with Gasteiger partial charge in [-0.3, -0.25) is 9.59 Å². The van der Waals surface area contributed by atoms with Crippen LogP contribution < -0.4 is 11.1 Å². The van der Waals surface area contributed by atoms with E-state index in [1.54, 1.807) is 11.8 Å². The van der Waals surface area contributed by atoms with Crippen molar-refractivity contribution >= 4 is 24.2 Å². The zero-order valence-corrected chi connectivity index (χ0v) is 9.83. The standard InChI is InChI=1S/C9H15N3O3.ClH/c1-5(10)9(14)11-3-6-4-12-7(13)2-8(12)15-6;/h5-6,8H,2-4,10H2,1H3,(H,11,14);1H. The summed E-state index contributed by atoms with van der Waals surface area (Å²) in [4.78, 5) is 23.9. The molecule has 2 saturated heterocycles. The number of rotatable bonds is 3. The van der Waals surface area contributed by atoms with Gasteiger partial charge in [-0.1, -0.05) is 0 Å². The number of nitrogens with one attached hydrogen (secondary N) is 1. The summed E-state index contributed by atoms with van der Waals surface area (Å²) in [5.41, 5.74) is 5.39. The Kier molecular flexibility index (Phi) is 4.12. The number of amides is 2. The lowest BCUT2D eigenvalue weighted by molar-refractivity contribution is -0.156. The van der Waals surface area contributed by atoms with Gasteiger partial charge in [-0.05, 0) is 6.92 Å². The van der Waals surface area contributed by atoms with Crippen LogP contribution in [0.2, 0.25) is 0 Å². The molecule has 0 aromatic rings. The Balaban J connectivity index is 0.00000128. The van der Waals surface area contributed by atoms with Gasteiger partial charge in [0.25, 0.3) is 0 Å². The van der Waals surface area contributed by atoms with Crippen molar-refractivity contribution in [3.8, 4) is 0 Å². The fraction of sp³-hybridized carbons (Fsp3) is 0.778. The zero-order chi connectivity index (χ0) is 11.0. The summed E-state index contributed by atoms with van der Waals surface area (Å²) in [5, 5.41) is 2.68. The molecule has 3 unspecified atom stereocenters. The predicted octanol–water partition coefficient (Wildman–Crippen LogP) is -1.17. The lowest BCUT2D eigenvalue weighted by Gasteiger charge is -2.31. The predicted molar refractivity (Wildman–Crippen MR) is 58.9 cm³/mol. The minimum atomic E-state index is -0.509. The maximum Gasteiger partial charge on any atom is 0.236 e. The summed E-state index contributed by atoms with van der Waals surface area (Å²) < 4.78 is 5.51. The van der Waals surface area contributed by atoms with E-state index < -0.39 is 6.04 Å². The summed E-state index contributed by atoms with van der Waals surface area (Å²) >= 11 is 0. The molecular weight excluding hydrogens is 234 g/mol. The van der Waals surface area contributed by atoms with E-state index in [1.807, 2.05) is 0 Å². The number of nitrogens with zero attached hydrogens (tertiary/aromatic N) is 1. The third-order valence-corrected chi connectivity index (χ3v) is 2.68. The largest absolute Gasteiger partial charge is 0.352 e. The van der Waals surface area contributed by atoms with Gasteiger partial charge in [0.2, 0.25) is 11.8 Å². The number of nitrogens with two attached hydrogens (primary N) is 1. The summed E-state index contributed by atoms with van der Waals surface area (Å²) in [6, 6.07) is -0.509.